The van der Waals surface area contributed by atoms with E-state index in [2.05, 4.69) is 5.32 Å². The maximum Gasteiger partial charge on any atom is 0.260 e. The van der Waals surface area contributed by atoms with Gasteiger partial charge in [-0.15, -0.1) is 0 Å². The number of likely N-dealkylation sites (tertiary alicyclic amines) is 1. The van der Waals surface area contributed by atoms with Crippen molar-refractivity contribution in [1.29, 1.82) is 0 Å². The quantitative estimate of drug-likeness (QED) is 0.799. The molecular formula is C22H26N2O4. The zero-order chi connectivity index (χ0) is 19.8. The zero-order valence-electron chi connectivity index (χ0n) is 16.1. The van der Waals surface area contributed by atoms with Crippen molar-refractivity contribution in [3.63, 3.8) is 0 Å². The maximum absolute atomic E-state index is 12.3. The van der Waals surface area contributed by atoms with Crippen LogP contribution in [-0.2, 0) is 9.59 Å². The van der Waals surface area contributed by atoms with Crippen molar-refractivity contribution in [2.45, 2.75) is 25.8 Å². The van der Waals surface area contributed by atoms with Crippen molar-refractivity contribution in [3.8, 4) is 11.5 Å². The number of para-hydroxylation sites is 1. The lowest BCUT2D eigenvalue weighted by molar-refractivity contribution is -0.134. The first-order valence-electron chi connectivity index (χ1n) is 9.54. The van der Waals surface area contributed by atoms with E-state index < -0.39 is 0 Å². The van der Waals surface area contributed by atoms with Crippen LogP contribution in [0.15, 0.2) is 54.6 Å². The largest absolute Gasteiger partial charge is 0.484 e. The van der Waals surface area contributed by atoms with Gasteiger partial charge in [0.1, 0.15) is 11.5 Å². The lowest BCUT2D eigenvalue weighted by atomic mass is 10.1. The third-order valence-electron chi connectivity index (χ3n) is 4.71. The van der Waals surface area contributed by atoms with Gasteiger partial charge in [-0.05, 0) is 44.0 Å². The van der Waals surface area contributed by atoms with E-state index in [-0.39, 0.29) is 31.1 Å². The molecule has 0 unspecified atom stereocenters. The lowest BCUT2D eigenvalue weighted by Gasteiger charge is -2.32. The summed E-state index contributed by atoms with van der Waals surface area (Å²) < 4.78 is 11.0. The van der Waals surface area contributed by atoms with Crippen LogP contribution in [0.5, 0.6) is 11.5 Å². The molecule has 3 rings (SSSR count). The molecule has 0 saturated carbocycles. The molecule has 0 radical (unpaired) electrons. The lowest BCUT2D eigenvalue weighted by Crippen LogP contribution is -2.48. The van der Waals surface area contributed by atoms with Gasteiger partial charge in [-0.25, -0.2) is 0 Å². The molecule has 0 bridgehead atoms. The van der Waals surface area contributed by atoms with Crippen LogP contribution >= 0.6 is 0 Å². The molecule has 2 aromatic carbocycles. The first-order chi connectivity index (χ1) is 13.6. The van der Waals surface area contributed by atoms with E-state index in [0.29, 0.717) is 24.6 Å². The van der Waals surface area contributed by atoms with Gasteiger partial charge in [-0.3, -0.25) is 9.59 Å². The molecule has 6 nitrogen and oxygen atoms in total. The Kier molecular flexibility index (Phi) is 6.89. The molecular weight excluding hydrogens is 356 g/mol. The SMILES string of the molecule is Cc1ccc(OCC(=O)NC2CCN(C(=O)COc3ccccc3)CC2)cc1. The van der Waals surface area contributed by atoms with E-state index in [9.17, 15) is 9.59 Å². The highest BCUT2D eigenvalue weighted by Gasteiger charge is 2.24. The molecule has 1 saturated heterocycles. The van der Waals surface area contributed by atoms with E-state index in [1.54, 1.807) is 4.90 Å². The van der Waals surface area contributed by atoms with Crippen molar-refractivity contribution in [2.75, 3.05) is 26.3 Å². The van der Waals surface area contributed by atoms with Crippen LogP contribution in [0.3, 0.4) is 0 Å². The standard InChI is InChI=1S/C22H26N2O4/c1-17-7-9-20(10-8-17)27-15-21(25)23-18-11-13-24(14-12-18)22(26)16-28-19-5-3-2-4-6-19/h2-10,18H,11-16H2,1H3,(H,23,25). The molecule has 6 heteroatoms. The fourth-order valence-electron chi connectivity index (χ4n) is 3.08. The number of ether oxygens (including phenoxy) is 2. The van der Waals surface area contributed by atoms with Crippen LogP contribution in [0.4, 0.5) is 0 Å². The Morgan fingerprint density at radius 3 is 2.21 bits per heavy atom. The molecule has 2 amide bonds. The van der Waals surface area contributed by atoms with Gasteiger partial charge in [0.2, 0.25) is 0 Å². The van der Waals surface area contributed by atoms with Gasteiger partial charge >= 0.3 is 0 Å². The molecule has 0 aliphatic carbocycles. The molecule has 1 N–H and O–H groups in total. The van der Waals surface area contributed by atoms with Gasteiger partial charge in [0.25, 0.3) is 11.8 Å². The summed E-state index contributed by atoms with van der Waals surface area (Å²) in [4.78, 5) is 26.2. The third-order valence-corrected chi connectivity index (χ3v) is 4.71. The predicted molar refractivity (Wildman–Crippen MR) is 106 cm³/mol. The number of amides is 2. The van der Waals surface area contributed by atoms with E-state index in [4.69, 9.17) is 9.47 Å². The molecule has 1 fully saturated rings. The first kappa shape index (κ1) is 19.7. The molecule has 1 aliphatic rings. The Morgan fingerprint density at radius 1 is 0.929 bits per heavy atom. The van der Waals surface area contributed by atoms with E-state index >= 15 is 0 Å². The molecule has 28 heavy (non-hydrogen) atoms. The molecule has 0 aromatic heterocycles. The Morgan fingerprint density at radius 2 is 1.54 bits per heavy atom. The Hall–Kier alpha value is -3.02. The number of hydrogen-bond donors (Lipinski definition) is 1. The van der Waals surface area contributed by atoms with Crippen LogP contribution in [0, 0.1) is 6.92 Å². The van der Waals surface area contributed by atoms with Crippen LogP contribution in [0.25, 0.3) is 0 Å². The number of nitrogens with one attached hydrogen (secondary N) is 1. The monoisotopic (exact) mass is 382 g/mol. The topological polar surface area (TPSA) is 67.9 Å². The van der Waals surface area contributed by atoms with Crippen molar-refractivity contribution in [2.24, 2.45) is 0 Å². The average molecular weight is 382 g/mol. The number of rotatable bonds is 7. The second kappa shape index (κ2) is 9.78. The summed E-state index contributed by atoms with van der Waals surface area (Å²) in [5.74, 6) is 1.19. The van der Waals surface area contributed by atoms with E-state index in [1.165, 1.54) is 0 Å². The van der Waals surface area contributed by atoms with E-state index in [1.807, 2.05) is 61.5 Å². The van der Waals surface area contributed by atoms with Crippen LogP contribution in [0.1, 0.15) is 18.4 Å². The van der Waals surface area contributed by atoms with Crippen molar-refractivity contribution in [1.82, 2.24) is 10.2 Å². The van der Waals surface area contributed by atoms with Gasteiger partial charge in [0.15, 0.2) is 13.2 Å². The fourth-order valence-corrected chi connectivity index (χ4v) is 3.08. The predicted octanol–water partition coefficient (Wildman–Crippen LogP) is 2.56. The molecule has 148 valence electrons. The fraction of sp³-hybridized carbons (Fsp3) is 0.364. The smallest absolute Gasteiger partial charge is 0.260 e. The molecule has 0 spiro atoms. The van der Waals surface area contributed by atoms with Crippen molar-refractivity contribution < 1.29 is 19.1 Å². The maximum atomic E-state index is 12.3. The van der Waals surface area contributed by atoms with Gasteiger partial charge in [0, 0.05) is 19.1 Å². The number of nitrogens with zero attached hydrogens (tertiary/aromatic N) is 1. The number of benzene rings is 2. The van der Waals surface area contributed by atoms with Crippen LogP contribution < -0.4 is 14.8 Å². The Bertz CT molecular complexity index is 769. The van der Waals surface area contributed by atoms with Crippen molar-refractivity contribution >= 4 is 11.8 Å². The number of aryl methyl sites for hydroxylation is 1. The summed E-state index contributed by atoms with van der Waals surface area (Å²) >= 11 is 0. The summed E-state index contributed by atoms with van der Waals surface area (Å²) in [6.45, 7) is 3.25. The van der Waals surface area contributed by atoms with Crippen LogP contribution in [-0.4, -0.2) is 49.1 Å². The molecule has 0 atom stereocenters. The minimum absolute atomic E-state index is 0.00682. The van der Waals surface area contributed by atoms with E-state index in [0.717, 1.165) is 18.4 Å². The molecule has 1 aliphatic heterocycles. The number of hydrogen-bond acceptors (Lipinski definition) is 4. The minimum Gasteiger partial charge on any atom is -0.484 e. The van der Waals surface area contributed by atoms with Gasteiger partial charge < -0.3 is 19.7 Å². The third kappa shape index (κ3) is 6.01. The van der Waals surface area contributed by atoms with Gasteiger partial charge in [0.05, 0.1) is 0 Å². The number of carbonyl (C=O) groups is 2. The highest BCUT2D eigenvalue weighted by atomic mass is 16.5. The number of carbonyl (C=O) groups excluding carboxylic acids is 2. The first-order valence-corrected chi connectivity index (χ1v) is 9.54. The van der Waals surface area contributed by atoms with Crippen molar-refractivity contribution in [3.05, 3.63) is 60.2 Å². The summed E-state index contributed by atoms with van der Waals surface area (Å²) in [7, 11) is 0. The molecule has 1 heterocycles. The zero-order valence-corrected chi connectivity index (χ0v) is 16.1. The van der Waals surface area contributed by atoms with Gasteiger partial charge in [-0.1, -0.05) is 35.9 Å². The Balaban J connectivity index is 1.34. The number of piperidine rings is 1. The second-order valence-corrected chi connectivity index (χ2v) is 6.93. The minimum atomic E-state index is -0.141. The average Bonchev–Trinajstić information content (AvgIpc) is 2.73. The summed E-state index contributed by atoms with van der Waals surface area (Å²) in [6.07, 6.45) is 1.46. The van der Waals surface area contributed by atoms with Crippen LogP contribution in [0.2, 0.25) is 0 Å². The van der Waals surface area contributed by atoms with Gasteiger partial charge in [-0.2, -0.15) is 0 Å². The second-order valence-electron chi connectivity index (χ2n) is 6.93. The highest BCUT2D eigenvalue weighted by Crippen LogP contribution is 2.13. The summed E-state index contributed by atoms with van der Waals surface area (Å²) in [6, 6.07) is 17.0. The summed E-state index contributed by atoms with van der Waals surface area (Å²) in [5.41, 5.74) is 1.15. The molecule has 2 aromatic rings. The summed E-state index contributed by atoms with van der Waals surface area (Å²) in [5, 5.41) is 2.98. The normalized spacial score (nSPS) is 14.4. The highest BCUT2D eigenvalue weighted by molar-refractivity contribution is 5.79. The Labute approximate surface area is 165 Å².